The van der Waals surface area contributed by atoms with Crippen LogP contribution < -0.4 is 4.74 Å². The van der Waals surface area contributed by atoms with Gasteiger partial charge in [0, 0.05) is 24.0 Å². The lowest BCUT2D eigenvalue weighted by Gasteiger charge is -2.19. The zero-order valence-corrected chi connectivity index (χ0v) is 17.6. The molecule has 0 fully saturated rings. The van der Waals surface area contributed by atoms with Crippen LogP contribution in [0, 0.1) is 0 Å². The molecule has 3 aromatic rings. The third-order valence-electron chi connectivity index (χ3n) is 4.61. The monoisotopic (exact) mass is 434 g/mol. The van der Waals surface area contributed by atoms with Crippen LogP contribution in [-0.4, -0.2) is 28.9 Å². The van der Waals surface area contributed by atoms with Crippen molar-refractivity contribution in [3.05, 3.63) is 70.7 Å². The van der Waals surface area contributed by atoms with Gasteiger partial charge in [0.15, 0.2) is 0 Å². The van der Waals surface area contributed by atoms with Crippen molar-refractivity contribution >= 4 is 17.2 Å². The van der Waals surface area contributed by atoms with Gasteiger partial charge in [-0.3, -0.25) is 4.79 Å². The van der Waals surface area contributed by atoms with E-state index in [9.17, 15) is 18.0 Å². The topological polar surface area (TPSA) is 42.4 Å². The molecule has 1 aromatic heterocycles. The van der Waals surface area contributed by atoms with E-state index >= 15 is 0 Å². The lowest BCUT2D eigenvalue weighted by atomic mass is 10.1. The molecule has 0 radical (unpaired) electrons. The van der Waals surface area contributed by atoms with E-state index in [1.807, 2.05) is 26.0 Å². The summed E-state index contributed by atoms with van der Waals surface area (Å²) in [5.41, 5.74) is 1.22. The van der Waals surface area contributed by atoms with Crippen LogP contribution in [0.5, 0.6) is 5.75 Å². The second-order valence-electron chi connectivity index (χ2n) is 7.06. The largest absolute Gasteiger partial charge is 0.489 e. The van der Waals surface area contributed by atoms with Crippen LogP contribution in [0.15, 0.2) is 53.9 Å². The lowest BCUT2D eigenvalue weighted by Crippen LogP contribution is -2.33. The van der Waals surface area contributed by atoms with Crippen LogP contribution in [0.25, 0.3) is 10.6 Å². The second-order valence-corrected chi connectivity index (χ2v) is 7.91. The van der Waals surface area contributed by atoms with E-state index in [0.29, 0.717) is 17.0 Å². The zero-order valence-electron chi connectivity index (χ0n) is 16.7. The average molecular weight is 434 g/mol. The van der Waals surface area contributed by atoms with Crippen LogP contribution in [0.1, 0.15) is 35.5 Å². The number of hydrogen-bond acceptors (Lipinski definition) is 4. The molecule has 0 aliphatic carbocycles. The van der Waals surface area contributed by atoms with Crippen molar-refractivity contribution in [3.8, 4) is 16.3 Å². The summed E-state index contributed by atoms with van der Waals surface area (Å²) < 4.78 is 43.5. The Hall–Kier alpha value is -2.87. The molecule has 0 bridgehead atoms. The Morgan fingerprint density at radius 1 is 1.10 bits per heavy atom. The first-order valence-corrected chi connectivity index (χ1v) is 10.1. The molecule has 0 spiro atoms. The minimum atomic E-state index is -4.35. The molecule has 0 aliphatic rings. The van der Waals surface area contributed by atoms with Crippen LogP contribution in [0.3, 0.4) is 0 Å². The standard InChI is InChI=1S/C22H21F3N2O2S/c1-14(2)27(3)21(28)19-13-30-20(26-19)16-6-10-18(11-7-16)29-12-15-4-8-17(9-5-15)22(23,24)25/h4-11,13-14H,12H2,1-3H3. The van der Waals surface area contributed by atoms with Crippen LogP contribution in [0.4, 0.5) is 13.2 Å². The first kappa shape index (κ1) is 21.8. The maximum absolute atomic E-state index is 12.6. The van der Waals surface area contributed by atoms with Gasteiger partial charge in [-0.1, -0.05) is 12.1 Å². The van der Waals surface area contributed by atoms with E-state index in [4.69, 9.17) is 4.74 Å². The predicted octanol–water partition coefficient (Wildman–Crippen LogP) is 5.89. The second kappa shape index (κ2) is 8.87. The van der Waals surface area contributed by atoms with Gasteiger partial charge in [-0.05, 0) is 55.8 Å². The molecule has 2 aromatic carbocycles. The molecule has 1 amide bonds. The number of nitrogens with zero attached hydrogens (tertiary/aromatic N) is 2. The number of halogens is 3. The Labute approximate surface area is 176 Å². The van der Waals surface area contributed by atoms with E-state index < -0.39 is 11.7 Å². The quantitative estimate of drug-likeness (QED) is 0.486. The van der Waals surface area contributed by atoms with Gasteiger partial charge in [-0.15, -0.1) is 11.3 Å². The number of hydrogen-bond donors (Lipinski definition) is 0. The minimum Gasteiger partial charge on any atom is -0.489 e. The van der Waals surface area contributed by atoms with Gasteiger partial charge in [-0.2, -0.15) is 13.2 Å². The summed E-state index contributed by atoms with van der Waals surface area (Å²) in [5.74, 6) is 0.468. The van der Waals surface area contributed by atoms with Crippen molar-refractivity contribution in [2.75, 3.05) is 7.05 Å². The summed E-state index contributed by atoms with van der Waals surface area (Å²) in [4.78, 5) is 18.4. The Morgan fingerprint density at radius 2 is 1.73 bits per heavy atom. The number of rotatable bonds is 6. The molecular weight excluding hydrogens is 413 g/mol. The Balaban J connectivity index is 1.62. The SMILES string of the molecule is CC(C)N(C)C(=O)c1csc(-c2ccc(OCc3ccc(C(F)(F)F)cc3)cc2)n1. The molecule has 0 saturated heterocycles. The third kappa shape index (κ3) is 5.18. The zero-order chi connectivity index (χ0) is 21.9. The molecule has 4 nitrogen and oxygen atoms in total. The van der Waals surface area contributed by atoms with E-state index in [1.165, 1.54) is 23.5 Å². The highest BCUT2D eigenvalue weighted by Gasteiger charge is 2.29. The normalized spacial score (nSPS) is 11.6. The van der Waals surface area contributed by atoms with Gasteiger partial charge in [0.2, 0.25) is 0 Å². The Kier molecular flexibility index (Phi) is 6.45. The Bertz CT molecular complexity index is 996. The lowest BCUT2D eigenvalue weighted by molar-refractivity contribution is -0.137. The molecule has 0 unspecified atom stereocenters. The van der Waals surface area contributed by atoms with Gasteiger partial charge >= 0.3 is 6.18 Å². The van der Waals surface area contributed by atoms with Crippen molar-refractivity contribution in [2.24, 2.45) is 0 Å². The predicted molar refractivity (Wildman–Crippen MR) is 111 cm³/mol. The van der Waals surface area contributed by atoms with E-state index in [2.05, 4.69) is 4.98 Å². The van der Waals surface area contributed by atoms with Crippen LogP contribution in [-0.2, 0) is 12.8 Å². The highest BCUT2D eigenvalue weighted by Crippen LogP contribution is 2.30. The third-order valence-corrected chi connectivity index (χ3v) is 5.50. The maximum Gasteiger partial charge on any atom is 0.416 e. The summed E-state index contributed by atoms with van der Waals surface area (Å²) in [6.07, 6.45) is -4.35. The number of benzene rings is 2. The van der Waals surface area contributed by atoms with Crippen LogP contribution in [0.2, 0.25) is 0 Å². The summed E-state index contributed by atoms with van der Waals surface area (Å²) in [5, 5.41) is 2.47. The highest BCUT2D eigenvalue weighted by molar-refractivity contribution is 7.13. The fourth-order valence-corrected chi connectivity index (χ4v) is 3.37. The number of amides is 1. The van der Waals surface area contributed by atoms with Gasteiger partial charge in [-0.25, -0.2) is 4.98 Å². The first-order valence-electron chi connectivity index (χ1n) is 9.27. The van der Waals surface area contributed by atoms with Gasteiger partial charge < -0.3 is 9.64 Å². The molecule has 0 atom stereocenters. The number of thiazole rings is 1. The fourth-order valence-electron chi connectivity index (χ4n) is 2.57. The summed E-state index contributed by atoms with van der Waals surface area (Å²) >= 11 is 1.39. The molecule has 0 saturated carbocycles. The number of aromatic nitrogens is 1. The molecule has 8 heteroatoms. The van der Waals surface area contributed by atoms with E-state index in [-0.39, 0.29) is 18.6 Å². The Morgan fingerprint density at radius 3 is 2.30 bits per heavy atom. The summed E-state index contributed by atoms with van der Waals surface area (Å²) in [6, 6.07) is 12.2. The number of carbonyl (C=O) groups excluding carboxylic acids is 1. The van der Waals surface area contributed by atoms with Crippen molar-refractivity contribution in [1.82, 2.24) is 9.88 Å². The molecule has 3 rings (SSSR count). The summed E-state index contributed by atoms with van der Waals surface area (Å²) in [6.45, 7) is 4.04. The highest BCUT2D eigenvalue weighted by atomic mass is 32.1. The molecule has 0 N–H and O–H groups in total. The van der Waals surface area contributed by atoms with E-state index in [0.717, 1.165) is 22.7 Å². The maximum atomic E-state index is 12.6. The van der Waals surface area contributed by atoms with Gasteiger partial charge in [0.05, 0.1) is 5.56 Å². The molecular formula is C22H21F3N2O2S. The minimum absolute atomic E-state index is 0.0868. The van der Waals surface area contributed by atoms with Crippen molar-refractivity contribution in [3.63, 3.8) is 0 Å². The molecule has 30 heavy (non-hydrogen) atoms. The number of carbonyl (C=O) groups is 1. The first-order chi connectivity index (χ1) is 14.1. The fraction of sp³-hybridized carbons (Fsp3) is 0.273. The van der Waals surface area contributed by atoms with Crippen molar-refractivity contribution in [1.29, 1.82) is 0 Å². The molecule has 1 heterocycles. The van der Waals surface area contributed by atoms with Crippen molar-refractivity contribution < 1.29 is 22.7 Å². The summed E-state index contributed by atoms with van der Waals surface area (Å²) in [7, 11) is 1.74. The molecule has 0 aliphatic heterocycles. The smallest absolute Gasteiger partial charge is 0.416 e. The van der Waals surface area contributed by atoms with Gasteiger partial charge in [0.25, 0.3) is 5.91 Å². The number of ether oxygens (including phenoxy) is 1. The van der Waals surface area contributed by atoms with E-state index in [1.54, 1.807) is 29.5 Å². The average Bonchev–Trinajstić information content (AvgIpc) is 3.21. The van der Waals surface area contributed by atoms with Gasteiger partial charge in [0.1, 0.15) is 23.1 Å². The van der Waals surface area contributed by atoms with Crippen LogP contribution >= 0.6 is 11.3 Å². The molecule has 158 valence electrons. The van der Waals surface area contributed by atoms with Crippen molar-refractivity contribution in [2.45, 2.75) is 32.7 Å². The number of alkyl halides is 3.